The Morgan fingerprint density at radius 1 is 0.821 bits per heavy atom. The summed E-state index contributed by atoms with van der Waals surface area (Å²) in [5.74, 6) is -10.1. The minimum absolute atomic E-state index is 0.0954. The van der Waals surface area contributed by atoms with Gasteiger partial charge in [0.25, 0.3) is 0 Å². The fraction of sp³-hybridized carbons (Fsp3) is 0.300. The number of halogens is 6. The Bertz CT molecular complexity index is 1430. The number of allylic oxidation sites excluding steroid dienone is 2. The Balaban J connectivity index is 1.52. The van der Waals surface area contributed by atoms with Gasteiger partial charge in [0.15, 0.2) is 34.8 Å². The van der Waals surface area contributed by atoms with Gasteiger partial charge in [-0.15, -0.1) is 0 Å². The van der Waals surface area contributed by atoms with Crippen LogP contribution in [0.4, 0.5) is 26.3 Å². The normalized spacial score (nSPS) is 15.2. The summed E-state index contributed by atoms with van der Waals surface area (Å²) in [6.45, 7) is 3.63. The number of carbonyl (C=O) groups excluding carboxylic acids is 1. The predicted octanol–water partition coefficient (Wildman–Crippen LogP) is 8.44. The minimum Gasteiger partial charge on any atom is -0.491 e. The molecule has 206 valence electrons. The highest BCUT2D eigenvalue weighted by atomic mass is 19.2. The van der Waals surface area contributed by atoms with Crippen molar-refractivity contribution in [2.45, 2.75) is 51.9 Å². The quantitative estimate of drug-likeness (QED) is 0.161. The van der Waals surface area contributed by atoms with Crippen LogP contribution >= 0.6 is 0 Å². The molecule has 0 radical (unpaired) electrons. The standard InChI is InChI=1S/C30H26F6O3/c1-3-5-18-10-14-23(29(36)24(18)31)39-30(37)21-12-11-19(25(32)27(21)34)16-6-8-17(9-7-16)20-13-15-22(38-4-2)28(35)26(20)33/h6,10-15,17H,3-5,7-9H2,1-2H3. The van der Waals surface area contributed by atoms with E-state index in [9.17, 15) is 31.1 Å². The van der Waals surface area contributed by atoms with Crippen LogP contribution in [0.3, 0.4) is 0 Å². The Labute approximate surface area is 222 Å². The molecule has 0 bridgehead atoms. The van der Waals surface area contributed by atoms with Crippen molar-refractivity contribution in [2.24, 2.45) is 0 Å². The fourth-order valence-electron chi connectivity index (χ4n) is 4.71. The highest BCUT2D eigenvalue weighted by Gasteiger charge is 2.27. The summed E-state index contributed by atoms with van der Waals surface area (Å²) >= 11 is 0. The van der Waals surface area contributed by atoms with Crippen molar-refractivity contribution in [3.8, 4) is 11.5 Å². The molecule has 0 aliphatic heterocycles. The van der Waals surface area contributed by atoms with Gasteiger partial charge in [-0.3, -0.25) is 0 Å². The molecular formula is C30H26F6O3. The molecule has 3 aromatic carbocycles. The van der Waals surface area contributed by atoms with Crippen LogP contribution in [0.15, 0.2) is 42.5 Å². The van der Waals surface area contributed by atoms with Crippen LogP contribution in [-0.4, -0.2) is 12.6 Å². The monoisotopic (exact) mass is 548 g/mol. The lowest BCUT2D eigenvalue weighted by Gasteiger charge is -2.24. The van der Waals surface area contributed by atoms with Crippen molar-refractivity contribution in [1.82, 2.24) is 0 Å². The zero-order valence-corrected chi connectivity index (χ0v) is 21.4. The van der Waals surface area contributed by atoms with Gasteiger partial charge >= 0.3 is 5.97 Å². The van der Waals surface area contributed by atoms with Crippen molar-refractivity contribution in [2.75, 3.05) is 6.61 Å². The molecule has 1 unspecified atom stereocenters. The highest BCUT2D eigenvalue weighted by Crippen LogP contribution is 2.39. The Hall–Kier alpha value is -3.75. The van der Waals surface area contributed by atoms with Gasteiger partial charge in [0.2, 0.25) is 11.6 Å². The number of hydrogen-bond acceptors (Lipinski definition) is 3. The van der Waals surface area contributed by atoms with Gasteiger partial charge < -0.3 is 9.47 Å². The lowest BCUT2D eigenvalue weighted by Crippen LogP contribution is -2.14. The first-order valence-electron chi connectivity index (χ1n) is 12.6. The third-order valence-corrected chi connectivity index (χ3v) is 6.72. The Morgan fingerprint density at radius 2 is 1.54 bits per heavy atom. The number of hydrogen-bond donors (Lipinski definition) is 0. The van der Waals surface area contributed by atoms with E-state index in [0.717, 1.165) is 12.1 Å². The summed E-state index contributed by atoms with van der Waals surface area (Å²) in [5.41, 5.74) is -0.164. The molecule has 9 heteroatoms. The second-order valence-corrected chi connectivity index (χ2v) is 9.19. The summed E-state index contributed by atoms with van der Waals surface area (Å²) < 4.78 is 97.2. The second kappa shape index (κ2) is 12.0. The van der Waals surface area contributed by atoms with Gasteiger partial charge in [0.1, 0.15) is 0 Å². The van der Waals surface area contributed by atoms with Crippen LogP contribution in [0, 0.1) is 34.9 Å². The molecule has 0 heterocycles. The predicted molar refractivity (Wildman–Crippen MR) is 134 cm³/mol. The van der Waals surface area contributed by atoms with Crippen LogP contribution in [0.5, 0.6) is 11.5 Å². The van der Waals surface area contributed by atoms with Gasteiger partial charge in [-0.2, -0.15) is 8.78 Å². The first kappa shape index (κ1) is 28.3. The molecular weight excluding hydrogens is 522 g/mol. The maximum Gasteiger partial charge on any atom is 0.346 e. The number of esters is 1. The molecule has 0 saturated heterocycles. The number of carbonyl (C=O) groups is 1. The molecule has 0 saturated carbocycles. The topological polar surface area (TPSA) is 35.5 Å². The molecule has 0 amide bonds. The Kier molecular flexibility index (Phi) is 8.67. The van der Waals surface area contributed by atoms with Crippen molar-refractivity contribution in [3.63, 3.8) is 0 Å². The zero-order valence-electron chi connectivity index (χ0n) is 21.4. The molecule has 3 aromatic rings. The number of aryl methyl sites for hydroxylation is 1. The summed E-state index contributed by atoms with van der Waals surface area (Å²) in [5, 5.41) is 0. The summed E-state index contributed by atoms with van der Waals surface area (Å²) in [6.07, 6.45) is 3.31. The highest BCUT2D eigenvalue weighted by molar-refractivity contribution is 5.92. The van der Waals surface area contributed by atoms with Gasteiger partial charge in [0, 0.05) is 5.56 Å². The molecule has 0 aromatic heterocycles. The number of rotatable bonds is 8. The average molecular weight is 549 g/mol. The molecule has 4 rings (SSSR count). The van der Waals surface area contributed by atoms with Crippen LogP contribution in [-0.2, 0) is 6.42 Å². The van der Waals surface area contributed by atoms with Gasteiger partial charge in [0.05, 0.1) is 12.2 Å². The summed E-state index contributed by atoms with van der Waals surface area (Å²) in [7, 11) is 0. The Morgan fingerprint density at radius 3 is 2.21 bits per heavy atom. The van der Waals surface area contributed by atoms with Gasteiger partial charge in [-0.1, -0.05) is 37.6 Å². The minimum atomic E-state index is -1.50. The van der Waals surface area contributed by atoms with E-state index in [1.807, 2.05) is 0 Å². The molecule has 0 N–H and O–H groups in total. The second-order valence-electron chi connectivity index (χ2n) is 9.19. The van der Waals surface area contributed by atoms with E-state index in [1.54, 1.807) is 19.9 Å². The van der Waals surface area contributed by atoms with Crippen molar-refractivity contribution < 1.29 is 40.6 Å². The summed E-state index contributed by atoms with van der Waals surface area (Å²) in [6, 6.07) is 7.35. The fourth-order valence-corrected chi connectivity index (χ4v) is 4.71. The maximum absolute atomic E-state index is 15.0. The molecule has 0 fully saturated rings. The maximum atomic E-state index is 15.0. The van der Waals surface area contributed by atoms with E-state index in [1.165, 1.54) is 24.3 Å². The average Bonchev–Trinajstić information content (AvgIpc) is 2.93. The van der Waals surface area contributed by atoms with Crippen LogP contribution in [0.25, 0.3) is 5.57 Å². The van der Waals surface area contributed by atoms with E-state index in [-0.39, 0.29) is 54.2 Å². The third-order valence-electron chi connectivity index (χ3n) is 6.72. The van der Waals surface area contributed by atoms with E-state index in [4.69, 9.17) is 9.47 Å². The van der Waals surface area contributed by atoms with E-state index >= 15 is 0 Å². The number of ether oxygens (including phenoxy) is 2. The molecule has 0 spiro atoms. The molecule has 1 atom stereocenters. The van der Waals surface area contributed by atoms with Gasteiger partial charge in [-0.05, 0) is 73.4 Å². The molecule has 39 heavy (non-hydrogen) atoms. The summed E-state index contributed by atoms with van der Waals surface area (Å²) in [4.78, 5) is 12.5. The molecule has 1 aliphatic rings. The molecule has 1 aliphatic carbocycles. The lowest BCUT2D eigenvalue weighted by molar-refractivity contribution is 0.0720. The third kappa shape index (κ3) is 5.67. The van der Waals surface area contributed by atoms with E-state index in [0.29, 0.717) is 18.4 Å². The van der Waals surface area contributed by atoms with Crippen LogP contribution < -0.4 is 9.47 Å². The van der Waals surface area contributed by atoms with Crippen LogP contribution in [0.1, 0.15) is 72.5 Å². The van der Waals surface area contributed by atoms with E-state index < -0.39 is 52.2 Å². The van der Waals surface area contributed by atoms with E-state index in [2.05, 4.69) is 0 Å². The van der Waals surface area contributed by atoms with Gasteiger partial charge in [-0.25, -0.2) is 22.4 Å². The first-order chi connectivity index (χ1) is 18.7. The molecule has 3 nitrogen and oxygen atoms in total. The SMILES string of the molecule is CCCc1ccc(OC(=O)c2ccc(C3=CCC(c4ccc(OCC)c(F)c4F)CC3)c(F)c2F)c(F)c1F. The van der Waals surface area contributed by atoms with Crippen molar-refractivity contribution >= 4 is 11.5 Å². The lowest BCUT2D eigenvalue weighted by atomic mass is 9.82. The zero-order chi connectivity index (χ0) is 28.3. The number of benzene rings is 3. The van der Waals surface area contributed by atoms with Crippen molar-refractivity contribution in [3.05, 3.63) is 99.6 Å². The first-order valence-corrected chi connectivity index (χ1v) is 12.6. The van der Waals surface area contributed by atoms with Crippen molar-refractivity contribution in [1.29, 1.82) is 0 Å². The largest absolute Gasteiger partial charge is 0.491 e. The van der Waals surface area contributed by atoms with Crippen LogP contribution in [0.2, 0.25) is 0 Å². The smallest absolute Gasteiger partial charge is 0.346 e.